The minimum atomic E-state index is -4.64. The summed E-state index contributed by atoms with van der Waals surface area (Å²) in [7, 11) is 0. The second kappa shape index (κ2) is 52.4. The standard InChI is InChI=1S/C19H21Cl2F3N4O.C19H21ClF4N4O.C18H19Cl2F3N4O.C18H19ClF4N4O.C17H22Cl2N4O/c2*20-14-5-4-6-15(21)13(14)12-28(10-9-27-7-2-1-3-8-27)18(29)16-11-17(26-25-16)19(22,23)24;2*19-13-4-3-5-14(20)12(13)11-27(9-8-26-6-1-2-7-26)17(28)15-10-16(25-24-15)18(21,22)23;1-3-22(4-2)9-10-23(12-13-7-5-6-8-14(13)18)17(24)15-11-16(19)21-20-15/h2*4-6,11H,1-3,7-10,12H2,(H,25,26);2*3-5,10H,1-2,6-9,11H2,(H,24,25);5-8,11H,3-4,9-10,12H2,1-2H3,(H,20,21). The van der Waals surface area contributed by atoms with Crippen LogP contribution in [0.25, 0.3) is 0 Å². The quantitative estimate of drug-likeness (QED) is 0.0246. The number of halogens is 22. The Labute approximate surface area is 827 Å². The maximum Gasteiger partial charge on any atom is 0.432 e. The van der Waals surface area contributed by atoms with Crippen LogP contribution >= 0.6 is 92.8 Å². The molecule has 0 unspecified atom stereocenters. The van der Waals surface area contributed by atoms with Crippen molar-refractivity contribution >= 4 is 122 Å². The molecule has 47 heteroatoms. The summed E-state index contributed by atoms with van der Waals surface area (Å²) in [5, 5.41) is 31.0. The number of aromatic nitrogens is 10. The first-order valence-corrected chi connectivity index (χ1v) is 47.3. The minimum absolute atomic E-state index is 0.0827. The van der Waals surface area contributed by atoms with Crippen molar-refractivity contribution < 1.29 is 85.4 Å². The van der Waals surface area contributed by atoms with Gasteiger partial charge in [-0.2, -0.15) is 78.2 Å². The highest BCUT2D eigenvalue weighted by Crippen LogP contribution is 2.36. The molecule has 4 aliphatic heterocycles. The molecule has 4 saturated heterocycles. The van der Waals surface area contributed by atoms with Gasteiger partial charge in [0.1, 0.15) is 39.6 Å². The molecule has 4 fully saturated rings. The number of amides is 5. The van der Waals surface area contributed by atoms with Crippen molar-refractivity contribution in [3.05, 3.63) is 258 Å². The molecule has 10 aromatic rings. The summed E-state index contributed by atoms with van der Waals surface area (Å²) in [5.41, 5.74) is -3.13. The lowest BCUT2D eigenvalue weighted by Gasteiger charge is -2.30. The topological polar surface area (TPSA) is 261 Å². The van der Waals surface area contributed by atoms with E-state index in [2.05, 4.69) is 68.9 Å². The molecule has 0 aliphatic carbocycles. The highest BCUT2D eigenvalue weighted by Gasteiger charge is 2.40. The third-order valence-electron chi connectivity index (χ3n) is 23.2. The number of piperidine rings is 2. The minimum Gasteiger partial charge on any atom is -0.332 e. The predicted octanol–water partition coefficient (Wildman–Crippen LogP) is 21.3. The average Bonchev–Trinajstić information content (AvgIpc) is 1.64. The molecule has 5 amide bonds. The molecule has 9 heterocycles. The molecule has 0 saturated carbocycles. The van der Waals surface area contributed by atoms with Gasteiger partial charge in [0, 0.05) is 173 Å². The van der Waals surface area contributed by atoms with E-state index < -0.39 is 82.7 Å². The number of likely N-dealkylation sites (N-methyl/N-ethyl adjacent to an activating group) is 1. The fourth-order valence-electron chi connectivity index (χ4n) is 15.3. The maximum atomic E-state index is 14.2. The largest absolute Gasteiger partial charge is 0.432 e. The van der Waals surface area contributed by atoms with Crippen molar-refractivity contribution in [1.29, 1.82) is 0 Å². The summed E-state index contributed by atoms with van der Waals surface area (Å²) in [6, 6.07) is 30.2. The number of aromatic amines is 5. The molecule has 25 nitrogen and oxygen atoms in total. The van der Waals surface area contributed by atoms with E-state index in [9.17, 15) is 85.4 Å². The number of H-pyrrole nitrogens is 5. The van der Waals surface area contributed by atoms with E-state index >= 15 is 0 Å². The van der Waals surface area contributed by atoms with Crippen LogP contribution in [0.5, 0.6) is 0 Å². The van der Waals surface area contributed by atoms with Gasteiger partial charge in [0.25, 0.3) is 29.5 Å². The van der Waals surface area contributed by atoms with Crippen LogP contribution in [0.2, 0.25) is 40.3 Å². The van der Waals surface area contributed by atoms with Crippen LogP contribution in [0.4, 0.5) is 61.5 Å². The number of benzene rings is 5. The normalized spacial score (nSPS) is 14.6. The van der Waals surface area contributed by atoms with Crippen LogP contribution < -0.4 is 0 Å². The summed E-state index contributed by atoms with van der Waals surface area (Å²) in [4.78, 5) is 82.6. The number of nitrogens with one attached hydrogen (secondary N) is 5. The number of nitrogens with zero attached hydrogens (tertiary/aromatic N) is 15. The molecule has 750 valence electrons. The zero-order valence-electron chi connectivity index (χ0n) is 74.9. The van der Waals surface area contributed by atoms with Crippen LogP contribution in [0.1, 0.15) is 181 Å². The zero-order valence-corrected chi connectivity index (χ0v) is 81.0. The van der Waals surface area contributed by atoms with Crippen molar-refractivity contribution in [1.82, 2.24) is 100.0 Å². The Bertz CT molecular complexity index is 5240. The van der Waals surface area contributed by atoms with Gasteiger partial charge < -0.3 is 49.0 Å². The van der Waals surface area contributed by atoms with Crippen molar-refractivity contribution in [3.63, 3.8) is 0 Å². The summed E-state index contributed by atoms with van der Waals surface area (Å²) >= 11 is 49.1. The molecular weight excluding hydrogens is 2000 g/mol. The number of carbonyl (C=O) groups is 5. The number of hydrogen-bond donors (Lipinski definition) is 5. The highest BCUT2D eigenvalue weighted by molar-refractivity contribution is 6.37. The third-order valence-corrected chi connectivity index (χ3v) is 25.9. The lowest BCUT2D eigenvalue weighted by atomic mass is 10.1. The monoisotopic (exact) mass is 2100 g/mol. The number of rotatable bonds is 32. The Morgan fingerprint density at radius 1 is 0.304 bits per heavy atom. The van der Waals surface area contributed by atoms with Crippen molar-refractivity contribution in [2.45, 2.75) is 135 Å². The molecule has 0 bridgehead atoms. The van der Waals surface area contributed by atoms with Crippen molar-refractivity contribution in [2.24, 2.45) is 0 Å². The highest BCUT2D eigenvalue weighted by atomic mass is 35.5. The Kier molecular flexibility index (Phi) is 42.0. The van der Waals surface area contributed by atoms with Gasteiger partial charge in [0.15, 0.2) is 28.5 Å². The summed E-state index contributed by atoms with van der Waals surface area (Å²) in [6.07, 6.45) is -7.53. The molecule has 14 rings (SSSR count). The number of hydrogen-bond acceptors (Lipinski definition) is 15. The van der Waals surface area contributed by atoms with E-state index in [1.54, 1.807) is 47.4 Å². The Morgan fingerprint density at radius 2 is 0.551 bits per heavy atom. The van der Waals surface area contributed by atoms with Gasteiger partial charge in [-0.05, 0) is 177 Å². The summed E-state index contributed by atoms with van der Waals surface area (Å²) in [6.45, 7) is 18.5. The van der Waals surface area contributed by atoms with E-state index in [0.717, 1.165) is 147 Å². The number of carbonyl (C=O) groups excluding carboxylic acids is 5. The van der Waals surface area contributed by atoms with Gasteiger partial charge in [-0.1, -0.05) is 162 Å². The molecule has 0 radical (unpaired) electrons. The van der Waals surface area contributed by atoms with Gasteiger partial charge in [-0.25, -0.2) is 8.78 Å². The van der Waals surface area contributed by atoms with Crippen LogP contribution in [0.15, 0.2) is 127 Å². The van der Waals surface area contributed by atoms with E-state index in [-0.39, 0.29) is 89.1 Å². The Balaban J connectivity index is 0.000000178. The lowest BCUT2D eigenvalue weighted by Crippen LogP contribution is -2.40. The fraction of sp³-hybridized carbons (Fsp3) is 0.451. The summed E-state index contributed by atoms with van der Waals surface area (Å²) in [5.74, 6) is -3.97. The molecule has 5 aromatic heterocycles. The Morgan fingerprint density at radius 3 is 0.812 bits per heavy atom. The van der Waals surface area contributed by atoms with Crippen molar-refractivity contribution in [2.75, 3.05) is 131 Å². The average molecular weight is 2110 g/mol. The number of alkyl halides is 12. The van der Waals surface area contributed by atoms with Crippen LogP contribution in [0, 0.1) is 11.6 Å². The van der Waals surface area contributed by atoms with E-state index in [1.807, 2.05) is 44.7 Å². The first-order chi connectivity index (χ1) is 65.6. The van der Waals surface area contributed by atoms with Crippen molar-refractivity contribution in [3.8, 4) is 0 Å². The molecule has 0 atom stereocenters. The smallest absolute Gasteiger partial charge is 0.332 e. The van der Waals surface area contributed by atoms with Gasteiger partial charge >= 0.3 is 24.7 Å². The maximum absolute atomic E-state index is 14.2. The van der Waals surface area contributed by atoms with Crippen LogP contribution in [0.3, 0.4) is 0 Å². The van der Waals surface area contributed by atoms with Gasteiger partial charge in [0.05, 0.1) is 13.1 Å². The molecule has 5 aromatic carbocycles. The molecule has 138 heavy (non-hydrogen) atoms. The van der Waals surface area contributed by atoms with Crippen LogP contribution in [-0.2, 0) is 57.4 Å². The lowest BCUT2D eigenvalue weighted by molar-refractivity contribution is -0.142. The molecule has 4 aliphatic rings. The van der Waals surface area contributed by atoms with E-state index in [1.165, 1.54) is 62.4 Å². The molecule has 5 N–H and O–H groups in total. The van der Waals surface area contributed by atoms with Gasteiger partial charge in [-0.3, -0.25) is 49.5 Å². The van der Waals surface area contributed by atoms with Gasteiger partial charge in [-0.15, -0.1) is 0 Å². The van der Waals surface area contributed by atoms with E-state index in [4.69, 9.17) is 92.8 Å². The fourth-order valence-corrected chi connectivity index (χ4v) is 17.2. The van der Waals surface area contributed by atoms with Crippen LogP contribution in [-0.4, -0.2) is 260 Å². The third kappa shape index (κ3) is 33.1. The first kappa shape index (κ1) is 111. The second-order valence-corrected chi connectivity index (χ2v) is 36.0. The molecular formula is C91H102Cl8F14N20O5. The zero-order chi connectivity index (χ0) is 100. The predicted molar refractivity (Wildman–Crippen MR) is 499 cm³/mol. The van der Waals surface area contributed by atoms with E-state index in [0.29, 0.717) is 112 Å². The SMILES string of the molecule is CCN(CC)CCN(Cc1ccccc1Cl)C(=O)c1cc(Cl)[nH]n1.O=C(c1cc(C(F)(F)F)[nH]n1)N(CCN1CCCC1)Cc1c(Cl)cccc1Cl.O=C(c1cc(C(F)(F)F)[nH]n1)N(CCN1CCCC1)Cc1c(F)cccc1Cl.O=C(c1cc(C(F)(F)F)[nH]n1)N(CCN1CCCCC1)Cc1c(Cl)cccc1Cl.O=C(c1cc(C(F)(F)F)[nH]n1)N(CCN1CCCCC1)Cc1c(F)cccc1Cl. The first-order valence-electron chi connectivity index (χ1n) is 44.3. The molecule has 0 spiro atoms. The number of likely N-dealkylation sites (tertiary alicyclic amines) is 4. The summed E-state index contributed by atoms with van der Waals surface area (Å²) < 4.78 is 182. The Hall–Kier alpha value is -9.36. The second-order valence-electron chi connectivity index (χ2n) is 32.7. The van der Waals surface area contributed by atoms with Gasteiger partial charge in [0.2, 0.25) is 0 Å².